The van der Waals surface area contributed by atoms with E-state index in [0.29, 0.717) is 17.2 Å². The molecule has 1 aliphatic rings. The van der Waals surface area contributed by atoms with Crippen LogP contribution in [0.4, 0.5) is 0 Å². The van der Waals surface area contributed by atoms with Gasteiger partial charge in [-0.25, -0.2) is 0 Å². The number of allylic oxidation sites excluding steroid dienone is 1. The van der Waals surface area contributed by atoms with E-state index in [4.69, 9.17) is 15.2 Å². The van der Waals surface area contributed by atoms with Gasteiger partial charge in [0.15, 0.2) is 0 Å². The third-order valence-electron chi connectivity index (χ3n) is 4.00. The number of methoxy groups -OCH3 is 1. The predicted molar refractivity (Wildman–Crippen MR) is 85.0 cm³/mol. The number of nitrogens with one attached hydrogen (secondary N) is 1. The summed E-state index contributed by atoms with van der Waals surface area (Å²) in [6.45, 7) is 4.11. The molecule has 1 aromatic carbocycles. The second-order valence-electron chi connectivity index (χ2n) is 5.68. The molecule has 1 aromatic heterocycles. The van der Waals surface area contributed by atoms with Crippen LogP contribution in [0.2, 0.25) is 0 Å². The zero-order valence-electron chi connectivity index (χ0n) is 13.3. The van der Waals surface area contributed by atoms with Crippen LogP contribution >= 0.6 is 0 Å². The summed E-state index contributed by atoms with van der Waals surface area (Å²) in [5.74, 6) is 1.03. The molecule has 0 bridgehead atoms. The smallest absolute Gasteiger partial charge is 0.244 e. The molecule has 0 saturated heterocycles. The number of nitriles is 1. The molecular formula is C17H18N4O2. The van der Waals surface area contributed by atoms with Crippen molar-refractivity contribution >= 4 is 0 Å². The number of benzene rings is 1. The highest BCUT2D eigenvalue weighted by molar-refractivity contribution is 5.58. The van der Waals surface area contributed by atoms with Crippen molar-refractivity contribution in [2.24, 2.45) is 5.73 Å². The lowest BCUT2D eigenvalue weighted by Gasteiger charge is -2.25. The van der Waals surface area contributed by atoms with Gasteiger partial charge in [0, 0.05) is 11.3 Å². The van der Waals surface area contributed by atoms with Crippen molar-refractivity contribution in [2.45, 2.75) is 25.7 Å². The summed E-state index contributed by atoms with van der Waals surface area (Å²) in [5.41, 5.74) is 8.95. The lowest BCUT2D eigenvalue weighted by atomic mass is 9.82. The van der Waals surface area contributed by atoms with E-state index in [1.807, 2.05) is 24.3 Å². The van der Waals surface area contributed by atoms with Crippen molar-refractivity contribution in [2.75, 3.05) is 7.11 Å². The molecule has 23 heavy (non-hydrogen) atoms. The number of aromatic amines is 1. The Morgan fingerprint density at radius 3 is 2.78 bits per heavy atom. The van der Waals surface area contributed by atoms with Gasteiger partial charge < -0.3 is 15.2 Å². The van der Waals surface area contributed by atoms with Gasteiger partial charge in [-0.2, -0.15) is 5.26 Å². The fraction of sp³-hybridized carbons (Fsp3) is 0.294. The first-order valence-corrected chi connectivity index (χ1v) is 7.37. The van der Waals surface area contributed by atoms with Crippen LogP contribution in [0, 0.1) is 11.3 Å². The Labute approximate surface area is 134 Å². The zero-order valence-corrected chi connectivity index (χ0v) is 13.3. The lowest BCUT2D eigenvalue weighted by molar-refractivity contribution is 0.374. The molecule has 6 nitrogen and oxygen atoms in total. The summed E-state index contributed by atoms with van der Waals surface area (Å²) >= 11 is 0. The van der Waals surface area contributed by atoms with E-state index in [1.165, 1.54) is 0 Å². The van der Waals surface area contributed by atoms with Gasteiger partial charge in [0.2, 0.25) is 11.8 Å². The molecule has 6 heteroatoms. The van der Waals surface area contributed by atoms with E-state index >= 15 is 0 Å². The van der Waals surface area contributed by atoms with Crippen molar-refractivity contribution < 1.29 is 9.47 Å². The number of H-pyrrole nitrogens is 1. The summed E-state index contributed by atoms with van der Waals surface area (Å²) in [6.07, 6.45) is 0. The van der Waals surface area contributed by atoms with Crippen LogP contribution in [0.3, 0.4) is 0 Å². The Bertz CT molecular complexity index is 814. The minimum atomic E-state index is -0.365. The Hall–Kier alpha value is -2.94. The fourth-order valence-corrected chi connectivity index (χ4v) is 2.92. The number of aromatic nitrogens is 2. The van der Waals surface area contributed by atoms with Gasteiger partial charge in [-0.3, -0.25) is 5.10 Å². The van der Waals surface area contributed by atoms with Gasteiger partial charge in [-0.05, 0) is 12.0 Å². The first kappa shape index (κ1) is 15.0. The van der Waals surface area contributed by atoms with Gasteiger partial charge in [0.1, 0.15) is 17.4 Å². The van der Waals surface area contributed by atoms with E-state index in [2.05, 4.69) is 30.1 Å². The van der Waals surface area contributed by atoms with Crippen LogP contribution in [0.25, 0.3) is 0 Å². The molecule has 0 aliphatic carbocycles. The number of rotatable bonds is 3. The highest BCUT2D eigenvalue weighted by atomic mass is 16.5. The molecule has 0 saturated carbocycles. The Morgan fingerprint density at radius 2 is 2.13 bits per heavy atom. The van der Waals surface area contributed by atoms with Gasteiger partial charge in [-0.1, -0.05) is 32.0 Å². The zero-order chi connectivity index (χ0) is 16.6. The molecule has 118 valence electrons. The Kier molecular flexibility index (Phi) is 3.70. The molecule has 0 fully saturated rings. The van der Waals surface area contributed by atoms with Crippen LogP contribution in [0.15, 0.2) is 35.7 Å². The number of para-hydroxylation sites is 1. The van der Waals surface area contributed by atoms with E-state index in [9.17, 15) is 5.26 Å². The molecule has 3 N–H and O–H groups in total. The highest BCUT2D eigenvalue weighted by Gasteiger charge is 2.37. The van der Waals surface area contributed by atoms with Crippen LogP contribution < -0.4 is 15.2 Å². The number of hydrogen-bond acceptors (Lipinski definition) is 5. The lowest BCUT2D eigenvalue weighted by Crippen LogP contribution is -2.21. The third-order valence-corrected chi connectivity index (χ3v) is 4.00. The Morgan fingerprint density at radius 1 is 1.39 bits per heavy atom. The number of ether oxygens (including phenoxy) is 2. The van der Waals surface area contributed by atoms with Crippen LogP contribution in [0.1, 0.15) is 42.5 Å². The van der Waals surface area contributed by atoms with Crippen LogP contribution in [-0.2, 0) is 0 Å². The SMILES string of the molecule is COc1ccccc1[C@@H]1C(C#N)=C(N)Oc2n[nH]c(C(C)C)c21. The van der Waals surface area contributed by atoms with Crippen molar-refractivity contribution in [3.63, 3.8) is 0 Å². The van der Waals surface area contributed by atoms with E-state index < -0.39 is 0 Å². The minimum Gasteiger partial charge on any atom is -0.496 e. The van der Waals surface area contributed by atoms with Crippen molar-refractivity contribution in [1.82, 2.24) is 10.2 Å². The summed E-state index contributed by atoms with van der Waals surface area (Å²) in [6, 6.07) is 9.78. The molecule has 1 atom stereocenters. The summed E-state index contributed by atoms with van der Waals surface area (Å²) < 4.78 is 11.0. The fourth-order valence-electron chi connectivity index (χ4n) is 2.92. The molecule has 2 heterocycles. The van der Waals surface area contributed by atoms with Gasteiger partial charge in [0.25, 0.3) is 0 Å². The van der Waals surface area contributed by atoms with E-state index in [-0.39, 0.29) is 17.7 Å². The quantitative estimate of drug-likeness (QED) is 0.908. The number of hydrogen-bond donors (Lipinski definition) is 2. The second kappa shape index (κ2) is 5.69. The molecule has 0 radical (unpaired) electrons. The second-order valence-corrected chi connectivity index (χ2v) is 5.68. The first-order valence-electron chi connectivity index (χ1n) is 7.37. The summed E-state index contributed by atoms with van der Waals surface area (Å²) in [4.78, 5) is 0. The van der Waals surface area contributed by atoms with Gasteiger partial charge in [-0.15, -0.1) is 5.10 Å². The topological polar surface area (TPSA) is 96.9 Å². The molecular weight excluding hydrogens is 292 g/mol. The summed E-state index contributed by atoms with van der Waals surface area (Å²) in [5, 5.41) is 16.8. The Balaban J connectivity index is 2.29. The van der Waals surface area contributed by atoms with Crippen molar-refractivity contribution in [3.8, 4) is 17.7 Å². The minimum absolute atomic E-state index is 0.0812. The largest absolute Gasteiger partial charge is 0.496 e. The summed E-state index contributed by atoms with van der Waals surface area (Å²) in [7, 11) is 1.61. The molecule has 2 aromatic rings. The molecule has 0 unspecified atom stereocenters. The highest BCUT2D eigenvalue weighted by Crippen LogP contribution is 2.46. The maximum Gasteiger partial charge on any atom is 0.244 e. The van der Waals surface area contributed by atoms with Crippen molar-refractivity contribution in [1.29, 1.82) is 5.26 Å². The normalized spacial score (nSPS) is 16.7. The van der Waals surface area contributed by atoms with Crippen LogP contribution in [0.5, 0.6) is 11.6 Å². The maximum absolute atomic E-state index is 9.61. The van der Waals surface area contributed by atoms with Crippen molar-refractivity contribution in [3.05, 3.63) is 52.5 Å². The first-order chi connectivity index (χ1) is 11.1. The predicted octanol–water partition coefficient (Wildman–Crippen LogP) is 2.76. The number of nitrogens with two attached hydrogens (primary N) is 1. The monoisotopic (exact) mass is 310 g/mol. The van der Waals surface area contributed by atoms with E-state index in [0.717, 1.165) is 16.8 Å². The molecule has 3 rings (SSSR count). The third kappa shape index (κ3) is 2.30. The average molecular weight is 310 g/mol. The van der Waals surface area contributed by atoms with E-state index in [1.54, 1.807) is 7.11 Å². The number of fused-ring (bicyclic) bond motifs is 1. The standard InChI is InChI=1S/C17H18N4O2/c1-9(2)15-14-13(10-6-4-5-7-12(10)22-3)11(8-18)16(19)23-17(14)21-20-15/h4-7,9,13H,19H2,1-3H3,(H,20,21)/t13-/m1/s1. The van der Waals surface area contributed by atoms with Gasteiger partial charge >= 0.3 is 0 Å². The molecule has 1 aliphatic heterocycles. The van der Waals surface area contributed by atoms with Crippen LogP contribution in [-0.4, -0.2) is 17.3 Å². The average Bonchev–Trinajstić information content (AvgIpc) is 2.97. The van der Waals surface area contributed by atoms with Gasteiger partial charge in [0.05, 0.1) is 18.6 Å². The maximum atomic E-state index is 9.61. The molecule has 0 spiro atoms. The number of nitrogens with zero attached hydrogens (tertiary/aromatic N) is 2. The molecule has 0 amide bonds.